The van der Waals surface area contributed by atoms with Gasteiger partial charge in [-0.15, -0.1) is 29.3 Å². The largest absolute Gasteiger partial charge is 0.352 e. The molecule has 148 valence electrons. The van der Waals surface area contributed by atoms with E-state index in [4.69, 9.17) is 4.98 Å². The summed E-state index contributed by atoms with van der Waals surface area (Å²) in [6.07, 6.45) is 2.52. The second-order valence-corrected chi connectivity index (χ2v) is 9.47. The Morgan fingerprint density at radius 2 is 2.25 bits per heavy atom. The lowest BCUT2D eigenvalue weighted by molar-refractivity contribution is -0.118. The number of carbonyl (C=O) groups excluding carboxylic acids is 1. The van der Waals surface area contributed by atoms with Crippen LogP contribution in [-0.4, -0.2) is 27.8 Å². The third-order valence-corrected chi connectivity index (χ3v) is 6.90. The summed E-state index contributed by atoms with van der Waals surface area (Å²) in [5.41, 5.74) is 0.926. The molecule has 0 atom stereocenters. The molecule has 0 unspecified atom stereocenters. The zero-order chi connectivity index (χ0) is 20.1. The number of aromatic nitrogens is 2. The average molecular weight is 434 g/mol. The van der Waals surface area contributed by atoms with Crippen LogP contribution in [0.4, 0.5) is 0 Å². The van der Waals surface area contributed by atoms with Gasteiger partial charge in [-0.2, -0.15) is 0 Å². The molecule has 5 nitrogen and oxygen atoms in total. The van der Waals surface area contributed by atoms with Crippen molar-refractivity contribution >= 4 is 50.6 Å². The second-order valence-electron chi connectivity index (χ2n) is 6.72. The Bertz CT molecular complexity index is 1020. The van der Waals surface area contributed by atoms with E-state index in [1.54, 1.807) is 22.0 Å². The third kappa shape index (κ3) is 4.74. The molecule has 0 aliphatic heterocycles. The fourth-order valence-corrected chi connectivity index (χ4v) is 5.34. The van der Waals surface area contributed by atoms with Crippen molar-refractivity contribution < 1.29 is 4.79 Å². The topological polar surface area (TPSA) is 64.0 Å². The van der Waals surface area contributed by atoms with E-state index in [0.717, 1.165) is 21.7 Å². The van der Waals surface area contributed by atoms with Crippen LogP contribution in [0.5, 0.6) is 0 Å². The van der Waals surface area contributed by atoms with E-state index in [0.29, 0.717) is 29.6 Å². The van der Waals surface area contributed by atoms with Crippen LogP contribution < -0.4 is 10.9 Å². The number of hydrogen-bond donors (Lipinski definition) is 1. The molecule has 8 heteroatoms. The summed E-state index contributed by atoms with van der Waals surface area (Å²) in [6.45, 7) is 8.89. The quantitative estimate of drug-likeness (QED) is 0.304. The third-order valence-electron chi connectivity index (χ3n) is 4.15. The van der Waals surface area contributed by atoms with Gasteiger partial charge in [-0.1, -0.05) is 37.8 Å². The van der Waals surface area contributed by atoms with Gasteiger partial charge in [0, 0.05) is 28.9 Å². The Kier molecular flexibility index (Phi) is 7.09. The molecular weight excluding hydrogens is 410 g/mol. The Morgan fingerprint density at radius 3 is 2.93 bits per heavy atom. The Labute approximate surface area is 176 Å². The Morgan fingerprint density at radius 1 is 1.43 bits per heavy atom. The van der Waals surface area contributed by atoms with E-state index < -0.39 is 0 Å². The van der Waals surface area contributed by atoms with Crippen LogP contribution in [0, 0.1) is 5.92 Å². The molecule has 0 radical (unpaired) electrons. The van der Waals surface area contributed by atoms with Crippen molar-refractivity contribution in [3.63, 3.8) is 0 Å². The van der Waals surface area contributed by atoms with Crippen LogP contribution in [0.2, 0.25) is 0 Å². The molecule has 3 heterocycles. The predicted octanol–water partition coefficient (Wildman–Crippen LogP) is 4.63. The van der Waals surface area contributed by atoms with Gasteiger partial charge in [0.15, 0.2) is 5.16 Å². The molecule has 0 aliphatic carbocycles. The van der Waals surface area contributed by atoms with Crippen molar-refractivity contribution in [1.29, 1.82) is 0 Å². The number of nitrogens with zero attached hydrogens (tertiary/aromatic N) is 2. The molecule has 28 heavy (non-hydrogen) atoms. The first-order valence-electron chi connectivity index (χ1n) is 9.07. The van der Waals surface area contributed by atoms with Gasteiger partial charge in [0.25, 0.3) is 5.56 Å². The second kappa shape index (κ2) is 9.54. The normalized spacial score (nSPS) is 11.2. The average Bonchev–Trinajstić information content (AvgIpc) is 3.33. The molecule has 1 N–H and O–H groups in total. The maximum absolute atomic E-state index is 13.4. The maximum Gasteiger partial charge on any atom is 0.263 e. The zero-order valence-corrected chi connectivity index (χ0v) is 18.4. The highest BCUT2D eigenvalue weighted by Gasteiger charge is 2.18. The summed E-state index contributed by atoms with van der Waals surface area (Å²) in [5, 5.41) is 8.05. The molecule has 0 bridgehead atoms. The molecule has 1 amide bonds. The van der Waals surface area contributed by atoms with Crippen LogP contribution in [0.15, 0.2) is 45.5 Å². The standard InChI is InChI=1S/C20H23N3O2S3/c1-4-8-21-16(24)12-28-20-22-18-17(19(25)23(20)9-7-13(2)3)14(11-27-18)15-6-5-10-26-15/h4-6,10-11,13H,1,7-9,12H2,2-3H3,(H,21,24). The Balaban J connectivity index is 1.99. The smallest absolute Gasteiger partial charge is 0.263 e. The van der Waals surface area contributed by atoms with E-state index in [2.05, 4.69) is 25.7 Å². The van der Waals surface area contributed by atoms with Gasteiger partial charge in [0.2, 0.25) is 5.91 Å². The lowest BCUT2D eigenvalue weighted by Gasteiger charge is -2.13. The number of rotatable bonds is 9. The van der Waals surface area contributed by atoms with Gasteiger partial charge in [-0.05, 0) is 23.8 Å². The molecule has 0 aliphatic rings. The number of hydrogen-bond acceptors (Lipinski definition) is 6. The zero-order valence-electron chi connectivity index (χ0n) is 15.9. The Hall–Kier alpha value is -1.90. The van der Waals surface area contributed by atoms with Crippen molar-refractivity contribution in [2.75, 3.05) is 12.3 Å². The minimum absolute atomic E-state index is 0.0238. The number of nitrogens with one attached hydrogen (secondary N) is 1. The molecule has 0 saturated heterocycles. The maximum atomic E-state index is 13.4. The number of thiophene rings is 2. The number of amides is 1. The summed E-state index contributed by atoms with van der Waals surface area (Å²) in [5.74, 6) is 0.590. The highest BCUT2D eigenvalue weighted by atomic mass is 32.2. The lowest BCUT2D eigenvalue weighted by Crippen LogP contribution is -2.27. The molecule has 0 saturated carbocycles. The molecule has 3 aromatic rings. The van der Waals surface area contributed by atoms with Crippen molar-refractivity contribution in [1.82, 2.24) is 14.9 Å². The number of thioether (sulfide) groups is 1. The molecule has 0 spiro atoms. The van der Waals surface area contributed by atoms with Gasteiger partial charge in [0.05, 0.1) is 11.1 Å². The molecule has 0 fully saturated rings. The van der Waals surface area contributed by atoms with Crippen molar-refractivity contribution in [3.05, 3.63) is 45.9 Å². The molecular formula is C20H23N3O2S3. The van der Waals surface area contributed by atoms with E-state index in [1.165, 1.54) is 23.1 Å². The van der Waals surface area contributed by atoms with Gasteiger partial charge < -0.3 is 5.32 Å². The molecule has 3 aromatic heterocycles. The summed E-state index contributed by atoms with van der Waals surface area (Å²) >= 11 is 4.40. The van der Waals surface area contributed by atoms with Crippen molar-refractivity contribution in [2.24, 2.45) is 5.92 Å². The van der Waals surface area contributed by atoms with Gasteiger partial charge in [0.1, 0.15) is 4.83 Å². The number of fused-ring (bicyclic) bond motifs is 1. The fourth-order valence-electron chi connectivity index (χ4n) is 2.68. The van der Waals surface area contributed by atoms with Crippen LogP contribution >= 0.6 is 34.4 Å². The first-order chi connectivity index (χ1) is 13.5. The summed E-state index contributed by atoms with van der Waals surface area (Å²) < 4.78 is 1.73. The monoisotopic (exact) mass is 433 g/mol. The number of carbonyl (C=O) groups is 1. The minimum Gasteiger partial charge on any atom is -0.352 e. The van der Waals surface area contributed by atoms with Gasteiger partial charge in [-0.25, -0.2) is 4.98 Å². The summed E-state index contributed by atoms with van der Waals surface area (Å²) in [4.78, 5) is 31.9. The molecule has 0 aromatic carbocycles. The van der Waals surface area contributed by atoms with Gasteiger partial charge >= 0.3 is 0 Å². The summed E-state index contributed by atoms with van der Waals surface area (Å²) in [6, 6.07) is 4.01. The van der Waals surface area contributed by atoms with Crippen LogP contribution in [0.1, 0.15) is 20.3 Å². The minimum atomic E-state index is -0.0971. The fraction of sp³-hybridized carbons (Fsp3) is 0.350. The SMILES string of the molecule is C=CCNC(=O)CSc1nc2scc(-c3cccs3)c2c(=O)n1CCC(C)C. The van der Waals surface area contributed by atoms with Crippen LogP contribution in [-0.2, 0) is 11.3 Å². The first kappa shape index (κ1) is 20.8. The van der Waals surface area contributed by atoms with Crippen molar-refractivity contribution in [3.8, 4) is 10.4 Å². The van der Waals surface area contributed by atoms with Gasteiger partial charge in [-0.3, -0.25) is 14.2 Å². The first-order valence-corrected chi connectivity index (χ1v) is 11.8. The van der Waals surface area contributed by atoms with E-state index >= 15 is 0 Å². The van der Waals surface area contributed by atoms with E-state index in [1.807, 2.05) is 22.9 Å². The van der Waals surface area contributed by atoms with Crippen LogP contribution in [0.25, 0.3) is 20.7 Å². The van der Waals surface area contributed by atoms with Crippen LogP contribution in [0.3, 0.4) is 0 Å². The predicted molar refractivity (Wildman–Crippen MR) is 121 cm³/mol. The van der Waals surface area contributed by atoms with Crippen molar-refractivity contribution in [2.45, 2.75) is 32.0 Å². The highest BCUT2D eigenvalue weighted by Crippen LogP contribution is 2.34. The lowest BCUT2D eigenvalue weighted by atomic mass is 10.1. The highest BCUT2D eigenvalue weighted by molar-refractivity contribution is 7.99. The van der Waals surface area contributed by atoms with E-state index in [9.17, 15) is 9.59 Å². The molecule has 3 rings (SSSR count). The van der Waals surface area contributed by atoms with E-state index in [-0.39, 0.29) is 17.2 Å². The summed E-state index contributed by atoms with van der Waals surface area (Å²) in [7, 11) is 0.